The number of nitrogens with two attached hydrogens (primary N) is 1. The molecule has 0 aliphatic rings. The molecule has 1 atom stereocenters. The van der Waals surface area contributed by atoms with Crippen molar-refractivity contribution in [2.45, 2.75) is 20.3 Å². The summed E-state index contributed by atoms with van der Waals surface area (Å²) in [5, 5.41) is 2.78. The van der Waals surface area contributed by atoms with Crippen molar-refractivity contribution in [3.05, 3.63) is 48.7 Å². The molecule has 3 N–H and O–H groups in total. The summed E-state index contributed by atoms with van der Waals surface area (Å²) in [6, 6.07) is 7.03. The Morgan fingerprint density at radius 1 is 1.41 bits per heavy atom. The van der Waals surface area contributed by atoms with E-state index in [0.29, 0.717) is 29.8 Å². The first-order valence-corrected chi connectivity index (χ1v) is 8.92. The molecule has 0 radical (unpaired) electrons. The molecule has 1 aromatic carbocycles. The number of hydrogen-bond acceptors (Lipinski definition) is 6. The molecule has 0 saturated carbocycles. The lowest BCUT2D eigenvalue weighted by Gasteiger charge is -2.24. The smallest absolute Gasteiger partial charge is 0.260 e. The van der Waals surface area contributed by atoms with Crippen LogP contribution in [0, 0.1) is 5.92 Å². The van der Waals surface area contributed by atoms with Gasteiger partial charge in [0.15, 0.2) is 0 Å². The molecule has 7 nitrogen and oxygen atoms in total. The summed E-state index contributed by atoms with van der Waals surface area (Å²) in [6.07, 6.45) is 4.31. The molecule has 1 aromatic heterocycles. The summed E-state index contributed by atoms with van der Waals surface area (Å²) in [7, 11) is 1.59. The van der Waals surface area contributed by atoms with Gasteiger partial charge >= 0.3 is 0 Å². The average molecular weight is 369 g/mol. The van der Waals surface area contributed by atoms with Crippen LogP contribution >= 0.6 is 0 Å². The second-order valence-corrected chi connectivity index (χ2v) is 6.36. The van der Waals surface area contributed by atoms with E-state index in [1.54, 1.807) is 37.5 Å². The molecule has 1 unspecified atom stereocenters. The van der Waals surface area contributed by atoms with Crippen molar-refractivity contribution in [1.29, 1.82) is 0 Å². The molecule has 0 aliphatic heterocycles. The molecule has 0 aliphatic carbocycles. The fourth-order valence-corrected chi connectivity index (χ4v) is 2.48. The highest BCUT2D eigenvalue weighted by molar-refractivity contribution is 6.07. The van der Waals surface area contributed by atoms with Gasteiger partial charge in [-0.2, -0.15) is 4.98 Å². The fourth-order valence-electron chi connectivity index (χ4n) is 2.48. The highest BCUT2D eigenvalue weighted by Crippen LogP contribution is 2.19. The summed E-state index contributed by atoms with van der Waals surface area (Å²) < 4.78 is 5.10. The van der Waals surface area contributed by atoms with Crippen molar-refractivity contribution in [3.8, 4) is 5.75 Å². The van der Waals surface area contributed by atoms with Gasteiger partial charge in [0.05, 0.1) is 7.11 Å². The average Bonchev–Trinajstić information content (AvgIpc) is 2.67. The van der Waals surface area contributed by atoms with E-state index in [0.717, 1.165) is 13.0 Å². The number of nitrogen functional groups attached to an aromatic ring is 1. The number of ether oxygens (including phenoxy) is 1. The summed E-state index contributed by atoms with van der Waals surface area (Å²) >= 11 is 0. The number of amides is 1. The van der Waals surface area contributed by atoms with Gasteiger partial charge in [-0.1, -0.05) is 26.3 Å². The van der Waals surface area contributed by atoms with Crippen LogP contribution in [-0.2, 0) is 0 Å². The largest absolute Gasteiger partial charge is 0.497 e. The minimum atomic E-state index is -0.360. The lowest BCUT2D eigenvalue weighted by atomic mass is 10.1. The van der Waals surface area contributed by atoms with Crippen LogP contribution in [0.25, 0.3) is 0 Å². The van der Waals surface area contributed by atoms with E-state index in [4.69, 9.17) is 10.5 Å². The molecule has 1 heterocycles. The number of rotatable bonds is 9. The first-order chi connectivity index (χ1) is 13.0. The van der Waals surface area contributed by atoms with E-state index in [9.17, 15) is 4.79 Å². The van der Waals surface area contributed by atoms with Crippen molar-refractivity contribution >= 4 is 23.4 Å². The van der Waals surface area contributed by atoms with Gasteiger partial charge in [0.25, 0.3) is 5.91 Å². The maximum absolute atomic E-state index is 12.5. The van der Waals surface area contributed by atoms with Crippen molar-refractivity contribution in [1.82, 2.24) is 9.97 Å². The third kappa shape index (κ3) is 5.44. The monoisotopic (exact) mass is 369 g/mol. The number of nitrogens with zero attached hydrogens (tertiary/aromatic N) is 3. The molecule has 7 heteroatoms. The van der Waals surface area contributed by atoms with Crippen LogP contribution in [0.1, 0.15) is 30.6 Å². The molecular formula is C20H27N5O2. The molecule has 27 heavy (non-hydrogen) atoms. The zero-order valence-corrected chi connectivity index (χ0v) is 16.1. The number of carbonyl (C=O) groups excluding carboxylic acids is 1. The van der Waals surface area contributed by atoms with E-state index in [-0.39, 0.29) is 17.3 Å². The first-order valence-electron chi connectivity index (χ1n) is 8.92. The summed E-state index contributed by atoms with van der Waals surface area (Å²) in [4.78, 5) is 23.2. The van der Waals surface area contributed by atoms with E-state index in [2.05, 4.69) is 35.7 Å². The van der Waals surface area contributed by atoms with Crippen LogP contribution in [0.15, 0.2) is 43.1 Å². The highest BCUT2D eigenvalue weighted by Gasteiger charge is 2.17. The number of benzene rings is 1. The van der Waals surface area contributed by atoms with Crippen LogP contribution in [-0.4, -0.2) is 36.1 Å². The van der Waals surface area contributed by atoms with Gasteiger partial charge in [-0.15, -0.1) is 6.58 Å². The molecule has 144 valence electrons. The van der Waals surface area contributed by atoms with E-state index < -0.39 is 0 Å². The van der Waals surface area contributed by atoms with Crippen LogP contribution in [0.3, 0.4) is 0 Å². The quantitative estimate of drug-likeness (QED) is 0.658. The number of nitrogens with one attached hydrogen (secondary N) is 1. The normalized spacial score (nSPS) is 11.5. The standard InChI is InChI=1S/C20H27N5O2/c1-5-11-25(13-14(3)6-2)20-22-12-17(18(21)24-20)19(26)23-15-7-9-16(27-4)10-8-15/h5,7-10,12,14H,1,6,11,13H2,2-4H3,(H,23,26)(H2,21,22,24). The molecule has 0 bridgehead atoms. The predicted octanol–water partition coefficient (Wildman–Crippen LogP) is 3.36. The van der Waals surface area contributed by atoms with Gasteiger partial charge in [-0.05, 0) is 30.2 Å². The van der Waals surface area contributed by atoms with Gasteiger partial charge in [0.1, 0.15) is 17.1 Å². The Kier molecular flexibility index (Phi) is 7.16. The van der Waals surface area contributed by atoms with E-state index in [1.807, 2.05) is 4.90 Å². The van der Waals surface area contributed by atoms with Crippen molar-refractivity contribution < 1.29 is 9.53 Å². The fraction of sp³-hybridized carbons (Fsp3) is 0.350. The predicted molar refractivity (Wildman–Crippen MR) is 109 cm³/mol. The van der Waals surface area contributed by atoms with Crippen LogP contribution in [0.4, 0.5) is 17.5 Å². The molecule has 1 amide bonds. The Morgan fingerprint density at radius 3 is 2.67 bits per heavy atom. The first kappa shape index (κ1) is 20.2. The minimum Gasteiger partial charge on any atom is -0.497 e. The van der Waals surface area contributed by atoms with Gasteiger partial charge in [-0.25, -0.2) is 4.98 Å². The van der Waals surface area contributed by atoms with Crippen molar-refractivity contribution in [3.63, 3.8) is 0 Å². The number of methoxy groups -OCH3 is 1. The van der Waals surface area contributed by atoms with Gasteiger partial charge in [0.2, 0.25) is 5.95 Å². The van der Waals surface area contributed by atoms with Crippen molar-refractivity contribution in [2.24, 2.45) is 5.92 Å². The second-order valence-electron chi connectivity index (χ2n) is 6.36. The zero-order valence-electron chi connectivity index (χ0n) is 16.1. The maximum Gasteiger partial charge on any atom is 0.260 e. The summed E-state index contributed by atoms with van der Waals surface area (Å²) in [5.41, 5.74) is 6.90. The molecule has 0 spiro atoms. The zero-order chi connectivity index (χ0) is 19.8. The summed E-state index contributed by atoms with van der Waals surface area (Å²) in [6.45, 7) is 9.49. The van der Waals surface area contributed by atoms with E-state index in [1.165, 1.54) is 6.20 Å². The SMILES string of the molecule is C=CCN(CC(C)CC)c1ncc(C(=O)Nc2ccc(OC)cc2)c(N)n1. The Hall–Kier alpha value is -3.09. The lowest BCUT2D eigenvalue weighted by Crippen LogP contribution is -2.30. The van der Waals surface area contributed by atoms with Crippen LogP contribution in [0.5, 0.6) is 5.75 Å². The van der Waals surface area contributed by atoms with Gasteiger partial charge in [-0.3, -0.25) is 4.79 Å². The van der Waals surface area contributed by atoms with Gasteiger partial charge in [0, 0.05) is 25.0 Å². The third-order valence-electron chi connectivity index (χ3n) is 4.26. The highest BCUT2D eigenvalue weighted by atomic mass is 16.5. The Morgan fingerprint density at radius 2 is 2.11 bits per heavy atom. The topological polar surface area (TPSA) is 93.4 Å². The Labute approximate surface area is 160 Å². The number of carbonyl (C=O) groups is 1. The Balaban J connectivity index is 2.15. The number of anilines is 3. The molecule has 0 saturated heterocycles. The second kappa shape index (κ2) is 9.56. The molecular weight excluding hydrogens is 342 g/mol. The molecule has 0 fully saturated rings. The molecule has 2 rings (SSSR count). The molecule has 2 aromatic rings. The van der Waals surface area contributed by atoms with Crippen LogP contribution in [0.2, 0.25) is 0 Å². The maximum atomic E-state index is 12.5. The summed E-state index contributed by atoms with van der Waals surface area (Å²) in [5.74, 6) is 1.47. The minimum absolute atomic E-state index is 0.143. The number of hydrogen-bond donors (Lipinski definition) is 2. The number of aromatic nitrogens is 2. The van der Waals surface area contributed by atoms with E-state index >= 15 is 0 Å². The van der Waals surface area contributed by atoms with Crippen LogP contribution < -0.4 is 20.7 Å². The Bertz CT molecular complexity index is 776. The lowest BCUT2D eigenvalue weighted by molar-refractivity contribution is 0.102. The third-order valence-corrected chi connectivity index (χ3v) is 4.26. The van der Waals surface area contributed by atoms with Gasteiger partial charge < -0.3 is 20.7 Å². The van der Waals surface area contributed by atoms with Crippen molar-refractivity contribution in [2.75, 3.05) is 36.1 Å².